The number of aliphatic hydroxyl groups is 1. The van der Waals surface area contributed by atoms with Crippen LogP contribution in [0.25, 0.3) is 10.9 Å². The van der Waals surface area contributed by atoms with Crippen LogP contribution in [0.15, 0.2) is 36.5 Å². The lowest BCUT2D eigenvalue weighted by atomic mass is 9.92. The zero-order valence-corrected chi connectivity index (χ0v) is 8.84. The van der Waals surface area contributed by atoms with Crippen LogP contribution < -0.4 is 4.74 Å². The molecule has 0 amide bonds. The average molecular weight is 215 g/mol. The summed E-state index contributed by atoms with van der Waals surface area (Å²) in [5.74, 6) is 0.787. The van der Waals surface area contributed by atoms with Crippen molar-refractivity contribution in [3.05, 3.63) is 36.5 Å². The predicted molar refractivity (Wildman–Crippen MR) is 61.4 cm³/mol. The van der Waals surface area contributed by atoms with Gasteiger partial charge in [0.2, 0.25) is 0 Å². The number of aromatic nitrogens is 1. The van der Waals surface area contributed by atoms with Crippen molar-refractivity contribution in [2.45, 2.75) is 25.0 Å². The summed E-state index contributed by atoms with van der Waals surface area (Å²) in [5.41, 5.74) is 0.925. The van der Waals surface area contributed by atoms with Gasteiger partial charge in [0.25, 0.3) is 0 Å². The molecule has 1 saturated carbocycles. The van der Waals surface area contributed by atoms with Crippen molar-refractivity contribution in [3.63, 3.8) is 0 Å². The first-order chi connectivity index (χ1) is 7.83. The maximum Gasteiger partial charge on any atom is 0.125 e. The average Bonchev–Trinajstić information content (AvgIpc) is 2.34. The molecule has 0 radical (unpaired) electrons. The van der Waals surface area contributed by atoms with Crippen LogP contribution in [0.5, 0.6) is 5.75 Å². The van der Waals surface area contributed by atoms with E-state index < -0.39 is 0 Å². The molecule has 1 aromatic carbocycles. The molecule has 0 spiro atoms. The van der Waals surface area contributed by atoms with Gasteiger partial charge >= 0.3 is 0 Å². The molecule has 82 valence electrons. The van der Waals surface area contributed by atoms with Gasteiger partial charge < -0.3 is 9.84 Å². The quantitative estimate of drug-likeness (QED) is 0.834. The molecule has 3 rings (SSSR count). The second-order valence-electron chi connectivity index (χ2n) is 4.16. The fourth-order valence-electron chi connectivity index (χ4n) is 1.88. The normalized spacial score (nSPS) is 24.1. The first-order valence-electron chi connectivity index (χ1n) is 5.52. The Morgan fingerprint density at radius 1 is 1.25 bits per heavy atom. The van der Waals surface area contributed by atoms with Crippen LogP contribution in [-0.2, 0) is 0 Å². The van der Waals surface area contributed by atoms with Crippen molar-refractivity contribution in [1.29, 1.82) is 0 Å². The van der Waals surface area contributed by atoms with E-state index in [1.807, 2.05) is 30.3 Å². The van der Waals surface area contributed by atoms with Crippen LogP contribution in [0.3, 0.4) is 0 Å². The summed E-state index contributed by atoms with van der Waals surface area (Å²) in [5, 5.41) is 10.5. The van der Waals surface area contributed by atoms with Crippen LogP contribution in [0.2, 0.25) is 0 Å². The molecule has 2 aromatic rings. The first kappa shape index (κ1) is 9.60. The van der Waals surface area contributed by atoms with Crippen LogP contribution >= 0.6 is 0 Å². The molecule has 0 aliphatic heterocycles. The highest BCUT2D eigenvalue weighted by Crippen LogP contribution is 2.27. The Morgan fingerprint density at radius 2 is 2.19 bits per heavy atom. The molecule has 0 bridgehead atoms. The smallest absolute Gasteiger partial charge is 0.125 e. The monoisotopic (exact) mass is 215 g/mol. The Bertz CT molecular complexity index is 512. The highest BCUT2D eigenvalue weighted by molar-refractivity contribution is 5.79. The zero-order chi connectivity index (χ0) is 11.0. The number of hydrogen-bond acceptors (Lipinski definition) is 3. The molecule has 3 nitrogen and oxygen atoms in total. The van der Waals surface area contributed by atoms with Crippen molar-refractivity contribution < 1.29 is 9.84 Å². The number of rotatable bonds is 2. The highest BCUT2D eigenvalue weighted by atomic mass is 16.5. The van der Waals surface area contributed by atoms with Crippen molar-refractivity contribution in [2.24, 2.45) is 0 Å². The van der Waals surface area contributed by atoms with Crippen molar-refractivity contribution >= 4 is 10.9 Å². The maximum atomic E-state index is 9.44. The molecule has 1 N–H and O–H groups in total. The minimum Gasteiger partial charge on any atom is -0.488 e. The summed E-state index contributed by atoms with van der Waals surface area (Å²) < 4.78 is 5.68. The van der Waals surface area contributed by atoms with Gasteiger partial charge in [-0.15, -0.1) is 0 Å². The fourth-order valence-corrected chi connectivity index (χ4v) is 1.88. The summed E-state index contributed by atoms with van der Waals surface area (Å²) in [6.07, 6.45) is 3.20. The van der Waals surface area contributed by atoms with E-state index in [-0.39, 0.29) is 12.2 Å². The largest absolute Gasteiger partial charge is 0.488 e. The van der Waals surface area contributed by atoms with E-state index in [0.717, 1.165) is 29.5 Å². The molecule has 1 aliphatic carbocycles. The molecule has 0 saturated heterocycles. The molecule has 3 heteroatoms. The van der Waals surface area contributed by atoms with Gasteiger partial charge in [0.05, 0.1) is 11.6 Å². The standard InChI is InChI=1S/C13H13NO2/c15-12-5-6-13(12)16-10-4-3-9-2-1-7-14-11(9)8-10/h1-4,7-8,12-13,15H,5-6H2/t12-,13-/m1/s1. The van der Waals surface area contributed by atoms with E-state index in [1.165, 1.54) is 0 Å². The summed E-state index contributed by atoms with van der Waals surface area (Å²) in [6.45, 7) is 0. The number of benzene rings is 1. The Balaban J connectivity index is 1.87. The van der Waals surface area contributed by atoms with Gasteiger partial charge in [0.1, 0.15) is 11.9 Å². The summed E-state index contributed by atoms with van der Waals surface area (Å²) >= 11 is 0. The van der Waals surface area contributed by atoms with E-state index in [1.54, 1.807) is 6.20 Å². The second kappa shape index (κ2) is 3.76. The SMILES string of the molecule is O[C@@H]1CC[C@H]1Oc1ccc2cccnc2c1. The predicted octanol–water partition coefficient (Wildman–Crippen LogP) is 2.14. The molecule has 1 aromatic heterocycles. The molecule has 1 aliphatic rings. The molecular weight excluding hydrogens is 202 g/mol. The van der Waals surface area contributed by atoms with E-state index in [9.17, 15) is 5.11 Å². The third-order valence-electron chi connectivity index (χ3n) is 3.04. The molecule has 0 unspecified atom stereocenters. The minimum atomic E-state index is -0.306. The molecule has 16 heavy (non-hydrogen) atoms. The molecular formula is C13H13NO2. The number of aliphatic hydroxyl groups excluding tert-OH is 1. The van der Waals surface area contributed by atoms with Gasteiger partial charge in [0.15, 0.2) is 0 Å². The minimum absolute atomic E-state index is 0.0406. The van der Waals surface area contributed by atoms with Crippen LogP contribution in [-0.4, -0.2) is 22.3 Å². The van der Waals surface area contributed by atoms with Crippen molar-refractivity contribution in [3.8, 4) is 5.75 Å². The zero-order valence-electron chi connectivity index (χ0n) is 8.84. The van der Waals surface area contributed by atoms with Gasteiger partial charge in [0, 0.05) is 17.6 Å². The second-order valence-corrected chi connectivity index (χ2v) is 4.16. The summed E-state index contributed by atoms with van der Waals surface area (Å²) in [4.78, 5) is 4.27. The molecule has 1 fully saturated rings. The maximum absolute atomic E-state index is 9.44. The Labute approximate surface area is 93.7 Å². The van der Waals surface area contributed by atoms with Gasteiger partial charge in [-0.05, 0) is 31.0 Å². The van der Waals surface area contributed by atoms with Crippen LogP contribution in [0.4, 0.5) is 0 Å². The number of hydrogen-bond donors (Lipinski definition) is 1. The lowest BCUT2D eigenvalue weighted by molar-refractivity contribution is -0.0361. The lowest BCUT2D eigenvalue weighted by Crippen LogP contribution is -2.41. The van der Waals surface area contributed by atoms with E-state index in [2.05, 4.69) is 4.98 Å². The van der Waals surface area contributed by atoms with E-state index in [4.69, 9.17) is 4.74 Å². The number of nitrogens with zero attached hydrogens (tertiary/aromatic N) is 1. The number of fused-ring (bicyclic) bond motifs is 1. The Kier molecular flexibility index (Phi) is 2.26. The topological polar surface area (TPSA) is 42.4 Å². The fraction of sp³-hybridized carbons (Fsp3) is 0.308. The lowest BCUT2D eigenvalue weighted by Gasteiger charge is -2.32. The van der Waals surface area contributed by atoms with Gasteiger partial charge in [-0.2, -0.15) is 0 Å². The number of ether oxygens (including phenoxy) is 1. The van der Waals surface area contributed by atoms with Crippen LogP contribution in [0, 0.1) is 0 Å². The van der Waals surface area contributed by atoms with Gasteiger partial charge in [-0.25, -0.2) is 0 Å². The van der Waals surface area contributed by atoms with Gasteiger partial charge in [-0.3, -0.25) is 4.98 Å². The first-order valence-corrected chi connectivity index (χ1v) is 5.52. The summed E-state index contributed by atoms with van der Waals surface area (Å²) in [6, 6.07) is 9.76. The number of pyridine rings is 1. The van der Waals surface area contributed by atoms with E-state index in [0.29, 0.717) is 0 Å². The molecule has 1 heterocycles. The van der Waals surface area contributed by atoms with Gasteiger partial charge in [-0.1, -0.05) is 6.07 Å². The Hall–Kier alpha value is -1.61. The third kappa shape index (κ3) is 1.63. The van der Waals surface area contributed by atoms with Crippen LogP contribution in [0.1, 0.15) is 12.8 Å². The van der Waals surface area contributed by atoms with Crippen molar-refractivity contribution in [2.75, 3.05) is 0 Å². The van der Waals surface area contributed by atoms with E-state index >= 15 is 0 Å². The third-order valence-corrected chi connectivity index (χ3v) is 3.04. The van der Waals surface area contributed by atoms with Crippen molar-refractivity contribution in [1.82, 2.24) is 4.98 Å². The Morgan fingerprint density at radius 3 is 2.94 bits per heavy atom. The summed E-state index contributed by atoms with van der Waals surface area (Å²) in [7, 11) is 0. The molecule has 2 atom stereocenters. The highest BCUT2D eigenvalue weighted by Gasteiger charge is 2.30.